The van der Waals surface area contributed by atoms with E-state index in [9.17, 15) is 14.4 Å². The van der Waals surface area contributed by atoms with E-state index in [2.05, 4.69) is 27.7 Å². The van der Waals surface area contributed by atoms with Crippen molar-refractivity contribution >= 4 is 17.9 Å². The molecule has 0 aromatic carbocycles. The van der Waals surface area contributed by atoms with Crippen LogP contribution in [-0.2, 0) is 28.6 Å². The standard InChI is InChI=1S/C56H108O6/c1-5-8-10-12-14-16-26-31-35-39-43-47-54(57)60-50-53(62-56(59)49-45-41-37-33-27-17-15-13-11-9-6-2)51-61-55(58)48-44-40-36-32-29-25-23-21-19-18-20-22-24-28-30-34-38-42-46-52(4)7-3/h52-53H,5-51H2,1-4H3/t52?,53-/m0/s1. The Kier molecular flexibility index (Phi) is 49.1. The minimum Gasteiger partial charge on any atom is -0.462 e. The molecule has 0 radical (unpaired) electrons. The topological polar surface area (TPSA) is 78.9 Å². The molecular formula is C56H108O6. The summed E-state index contributed by atoms with van der Waals surface area (Å²) >= 11 is 0. The summed E-state index contributed by atoms with van der Waals surface area (Å²) in [5, 5.41) is 0. The van der Waals surface area contributed by atoms with Gasteiger partial charge in [-0.1, -0.05) is 278 Å². The number of unbranched alkanes of at least 4 members (excludes halogenated alkanes) is 37. The Balaban J connectivity index is 4.17. The van der Waals surface area contributed by atoms with Crippen LogP contribution < -0.4 is 0 Å². The summed E-state index contributed by atoms with van der Waals surface area (Å²) in [5.74, 6) is 0.0688. The van der Waals surface area contributed by atoms with Crippen LogP contribution in [0.25, 0.3) is 0 Å². The number of hydrogen-bond donors (Lipinski definition) is 0. The van der Waals surface area contributed by atoms with Crippen LogP contribution in [0.5, 0.6) is 0 Å². The Labute approximate surface area is 387 Å². The molecule has 62 heavy (non-hydrogen) atoms. The van der Waals surface area contributed by atoms with Crippen LogP contribution in [0.4, 0.5) is 0 Å². The third-order valence-electron chi connectivity index (χ3n) is 13.2. The van der Waals surface area contributed by atoms with E-state index in [1.807, 2.05) is 0 Å². The number of esters is 3. The quantitative estimate of drug-likeness (QED) is 0.0344. The second kappa shape index (κ2) is 50.4. The van der Waals surface area contributed by atoms with E-state index in [0.29, 0.717) is 19.3 Å². The van der Waals surface area contributed by atoms with Gasteiger partial charge in [0.15, 0.2) is 6.10 Å². The van der Waals surface area contributed by atoms with Crippen LogP contribution in [0.2, 0.25) is 0 Å². The second-order valence-corrected chi connectivity index (χ2v) is 19.5. The van der Waals surface area contributed by atoms with E-state index >= 15 is 0 Å². The first-order valence-corrected chi connectivity index (χ1v) is 27.9. The molecule has 0 aliphatic carbocycles. The molecule has 1 unspecified atom stereocenters. The highest BCUT2D eigenvalue weighted by molar-refractivity contribution is 5.71. The smallest absolute Gasteiger partial charge is 0.306 e. The molecule has 0 fully saturated rings. The first-order chi connectivity index (χ1) is 30.4. The van der Waals surface area contributed by atoms with Crippen LogP contribution in [0, 0.1) is 5.92 Å². The monoisotopic (exact) mass is 877 g/mol. The van der Waals surface area contributed by atoms with Crippen molar-refractivity contribution in [3.63, 3.8) is 0 Å². The summed E-state index contributed by atoms with van der Waals surface area (Å²) in [6, 6.07) is 0. The van der Waals surface area contributed by atoms with Crippen LogP contribution in [-0.4, -0.2) is 37.2 Å². The van der Waals surface area contributed by atoms with E-state index in [1.165, 1.54) is 212 Å². The summed E-state index contributed by atoms with van der Waals surface area (Å²) in [4.78, 5) is 37.9. The van der Waals surface area contributed by atoms with Crippen LogP contribution in [0.15, 0.2) is 0 Å². The van der Waals surface area contributed by atoms with Crippen LogP contribution >= 0.6 is 0 Å². The SMILES string of the molecule is CCCCCCCCCCCCCC(=O)OC[C@@H](COC(=O)CCCCCCCCCCCCCCCCCCCCC(C)CC)OC(=O)CCCCCCCCCCCCC. The zero-order chi connectivity index (χ0) is 45.2. The lowest BCUT2D eigenvalue weighted by Crippen LogP contribution is -2.30. The lowest BCUT2D eigenvalue weighted by Gasteiger charge is -2.18. The van der Waals surface area contributed by atoms with Crippen molar-refractivity contribution in [3.05, 3.63) is 0 Å². The van der Waals surface area contributed by atoms with Gasteiger partial charge in [-0.25, -0.2) is 0 Å². The maximum atomic E-state index is 12.8. The Hall–Kier alpha value is -1.59. The maximum Gasteiger partial charge on any atom is 0.306 e. The fourth-order valence-corrected chi connectivity index (χ4v) is 8.54. The molecular weight excluding hydrogens is 769 g/mol. The van der Waals surface area contributed by atoms with Crippen molar-refractivity contribution in [2.45, 2.75) is 323 Å². The summed E-state index contributed by atoms with van der Waals surface area (Å²) < 4.78 is 16.8. The predicted octanol–water partition coefficient (Wildman–Crippen LogP) is 18.2. The first-order valence-electron chi connectivity index (χ1n) is 27.9. The second-order valence-electron chi connectivity index (χ2n) is 19.5. The number of hydrogen-bond acceptors (Lipinski definition) is 6. The molecule has 0 aromatic heterocycles. The summed E-state index contributed by atoms with van der Waals surface area (Å²) in [6.07, 6.45) is 53.8. The molecule has 0 N–H and O–H groups in total. The summed E-state index contributed by atoms with van der Waals surface area (Å²) in [7, 11) is 0. The van der Waals surface area contributed by atoms with Crippen molar-refractivity contribution in [3.8, 4) is 0 Å². The van der Waals surface area contributed by atoms with Gasteiger partial charge in [0.25, 0.3) is 0 Å². The third-order valence-corrected chi connectivity index (χ3v) is 13.2. The predicted molar refractivity (Wildman–Crippen MR) is 266 cm³/mol. The number of carbonyl (C=O) groups is 3. The van der Waals surface area contributed by atoms with E-state index in [-0.39, 0.29) is 31.1 Å². The molecule has 0 amide bonds. The highest BCUT2D eigenvalue weighted by atomic mass is 16.6. The van der Waals surface area contributed by atoms with Crippen molar-refractivity contribution in [1.29, 1.82) is 0 Å². The molecule has 0 saturated heterocycles. The van der Waals surface area contributed by atoms with Crippen LogP contribution in [0.1, 0.15) is 317 Å². The average Bonchev–Trinajstić information content (AvgIpc) is 3.27. The van der Waals surface area contributed by atoms with E-state index in [1.54, 1.807) is 0 Å². The zero-order valence-corrected chi connectivity index (χ0v) is 42.3. The van der Waals surface area contributed by atoms with Gasteiger partial charge in [-0.3, -0.25) is 14.4 Å². The van der Waals surface area contributed by atoms with Gasteiger partial charge in [0.1, 0.15) is 13.2 Å². The Morgan fingerprint density at radius 3 is 0.839 bits per heavy atom. The molecule has 0 spiro atoms. The van der Waals surface area contributed by atoms with Crippen molar-refractivity contribution < 1.29 is 28.6 Å². The molecule has 0 saturated carbocycles. The average molecular weight is 877 g/mol. The highest BCUT2D eigenvalue weighted by Gasteiger charge is 2.19. The fraction of sp³-hybridized carbons (Fsp3) is 0.946. The van der Waals surface area contributed by atoms with E-state index in [4.69, 9.17) is 14.2 Å². The zero-order valence-electron chi connectivity index (χ0n) is 42.3. The number of rotatable bonds is 51. The molecule has 0 bridgehead atoms. The largest absolute Gasteiger partial charge is 0.462 e. The molecule has 368 valence electrons. The van der Waals surface area contributed by atoms with Gasteiger partial charge >= 0.3 is 17.9 Å². The molecule has 0 rings (SSSR count). The molecule has 6 heteroatoms. The third kappa shape index (κ3) is 47.9. The molecule has 2 atom stereocenters. The maximum absolute atomic E-state index is 12.8. The Bertz CT molecular complexity index is 935. The van der Waals surface area contributed by atoms with Gasteiger partial charge in [-0.15, -0.1) is 0 Å². The van der Waals surface area contributed by atoms with Gasteiger partial charge in [-0.2, -0.15) is 0 Å². The number of carbonyl (C=O) groups excluding carboxylic acids is 3. The minimum absolute atomic E-state index is 0.0622. The Morgan fingerprint density at radius 2 is 0.565 bits per heavy atom. The normalized spacial score (nSPS) is 12.4. The molecule has 0 heterocycles. The fourth-order valence-electron chi connectivity index (χ4n) is 8.54. The van der Waals surface area contributed by atoms with Crippen molar-refractivity contribution in [2.24, 2.45) is 5.92 Å². The van der Waals surface area contributed by atoms with Gasteiger partial charge < -0.3 is 14.2 Å². The lowest BCUT2D eigenvalue weighted by atomic mass is 9.99. The van der Waals surface area contributed by atoms with Crippen molar-refractivity contribution in [1.82, 2.24) is 0 Å². The van der Waals surface area contributed by atoms with Gasteiger partial charge in [-0.05, 0) is 25.2 Å². The first kappa shape index (κ1) is 60.4. The van der Waals surface area contributed by atoms with Crippen molar-refractivity contribution in [2.75, 3.05) is 13.2 Å². The summed E-state index contributed by atoms with van der Waals surface area (Å²) in [6.45, 7) is 9.08. The summed E-state index contributed by atoms with van der Waals surface area (Å²) in [5.41, 5.74) is 0. The lowest BCUT2D eigenvalue weighted by molar-refractivity contribution is -0.167. The van der Waals surface area contributed by atoms with Gasteiger partial charge in [0.2, 0.25) is 0 Å². The Morgan fingerprint density at radius 1 is 0.323 bits per heavy atom. The molecule has 0 aliphatic heterocycles. The van der Waals surface area contributed by atoms with Gasteiger partial charge in [0.05, 0.1) is 0 Å². The molecule has 0 aliphatic rings. The minimum atomic E-state index is -0.760. The molecule has 0 aromatic rings. The molecule has 6 nitrogen and oxygen atoms in total. The van der Waals surface area contributed by atoms with E-state index < -0.39 is 6.10 Å². The van der Waals surface area contributed by atoms with E-state index in [0.717, 1.165) is 63.7 Å². The highest BCUT2D eigenvalue weighted by Crippen LogP contribution is 2.18. The van der Waals surface area contributed by atoms with Crippen LogP contribution in [0.3, 0.4) is 0 Å². The number of ether oxygens (including phenoxy) is 3. The van der Waals surface area contributed by atoms with Gasteiger partial charge in [0, 0.05) is 19.3 Å².